The summed E-state index contributed by atoms with van der Waals surface area (Å²) in [6.07, 6.45) is 1.03. The van der Waals surface area contributed by atoms with Crippen LogP contribution in [-0.4, -0.2) is 16.7 Å². The lowest BCUT2D eigenvalue weighted by Gasteiger charge is -2.04. The second-order valence-electron chi connectivity index (χ2n) is 5.20. The molecule has 5 heteroatoms. The standard InChI is InChI=1S/C15H22N4O/c1-4-12-5-7-13(8-6-12)17-15-19-18-14(20-15)10-16-9-11(2)3/h5-8,11,16H,4,9-10H2,1-3H3,(H,17,19). The van der Waals surface area contributed by atoms with Crippen LogP contribution in [0.15, 0.2) is 28.7 Å². The molecule has 0 atom stereocenters. The van der Waals surface area contributed by atoms with Crippen LogP contribution in [0.5, 0.6) is 0 Å². The zero-order valence-electron chi connectivity index (χ0n) is 12.3. The van der Waals surface area contributed by atoms with Crippen LogP contribution in [0.25, 0.3) is 0 Å². The molecule has 0 fully saturated rings. The second-order valence-corrected chi connectivity index (χ2v) is 5.20. The average Bonchev–Trinajstić information content (AvgIpc) is 2.87. The third-order valence-electron chi connectivity index (χ3n) is 2.91. The van der Waals surface area contributed by atoms with Gasteiger partial charge in [0.15, 0.2) is 0 Å². The predicted molar refractivity (Wildman–Crippen MR) is 79.9 cm³/mol. The van der Waals surface area contributed by atoms with Gasteiger partial charge in [-0.05, 0) is 36.6 Å². The Labute approximate surface area is 119 Å². The number of hydrogen-bond donors (Lipinski definition) is 2. The van der Waals surface area contributed by atoms with E-state index in [0.717, 1.165) is 18.7 Å². The molecule has 20 heavy (non-hydrogen) atoms. The van der Waals surface area contributed by atoms with E-state index in [1.807, 2.05) is 12.1 Å². The van der Waals surface area contributed by atoms with Crippen LogP contribution in [0.3, 0.4) is 0 Å². The minimum atomic E-state index is 0.426. The molecule has 108 valence electrons. The van der Waals surface area contributed by atoms with Gasteiger partial charge in [0.25, 0.3) is 0 Å². The third kappa shape index (κ3) is 4.35. The van der Waals surface area contributed by atoms with Crippen molar-refractivity contribution in [3.05, 3.63) is 35.7 Å². The van der Waals surface area contributed by atoms with E-state index in [-0.39, 0.29) is 0 Å². The molecule has 1 heterocycles. The lowest BCUT2D eigenvalue weighted by Crippen LogP contribution is -2.19. The van der Waals surface area contributed by atoms with Gasteiger partial charge < -0.3 is 15.1 Å². The Bertz CT molecular complexity index is 519. The normalized spacial score (nSPS) is 11.0. The fourth-order valence-corrected chi connectivity index (χ4v) is 1.79. The molecule has 0 saturated carbocycles. The number of rotatable bonds is 7. The Balaban J connectivity index is 1.88. The summed E-state index contributed by atoms with van der Waals surface area (Å²) >= 11 is 0. The van der Waals surface area contributed by atoms with Gasteiger partial charge in [-0.2, -0.15) is 0 Å². The maximum atomic E-state index is 5.53. The largest absolute Gasteiger partial charge is 0.406 e. The van der Waals surface area contributed by atoms with E-state index in [9.17, 15) is 0 Å². The quantitative estimate of drug-likeness (QED) is 0.812. The molecule has 2 aromatic rings. The van der Waals surface area contributed by atoms with E-state index >= 15 is 0 Å². The summed E-state index contributed by atoms with van der Waals surface area (Å²) in [4.78, 5) is 0. The number of nitrogens with zero attached hydrogens (tertiary/aromatic N) is 2. The minimum absolute atomic E-state index is 0.426. The van der Waals surface area contributed by atoms with Gasteiger partial charge in [0.05, 0.1) is 6.54 Å². The maximum Gasteiger partial charge on any atom is 0.320 e. The molecule has 0 amide bonds. The Morgan fingerprint density at radius 2 is 1.90 bits per heavy atom. The van der Waals surface area contributed by atoms with Crippen molar-refractivity contribution in [3.8, 4) is 0 Å². The first kappa shape index (κ1) is 14.5. The highest BCUT2D eigenvalue weighted by Crippen LogP contribution is 2.16. The van der Waals surface area contributed by atoms with Crippen LogP contribution >= 0.6 is 0 Å². The summed E-state index contributed by atoms with van der Waals surface area (Å²) < 4.78 is 5.53. The number of nitrogens with one attached hydrogen (secondary N) is 2. The summed E-state index contributed by atoms with van der Waals surface area (Å²) in [5, 5.41) is 14.4. The monoisotopic (exact) mass is 274 g/mol. The Morgan fingerprint density at radius 1 is 1.15 bits per heavy atom. The van der Waals surface area contributed by atoms with Crippen LogP contribution in [-0.2, 0) is 13.0 Å². The van der Waals surface area contributed by atoms with Gasteiger partial charge in [-0.25, -0.2) is 0 Å². The van der Waals surface area contributed by atoms with Gasteiger partial charge in [0, 0.05) is 5.69 Å². The van der Waals surface area contributed by atoms with Crippen molar-refractivity contribution in [1.29, 1.82) is 0 Å². The Kier molecular flexibility index (Phi) is 5.12. The SMILES string of the molecule is CCc1ccc(Nc2nnc(CNCC(C)C)o2)cc1. The molecule has 0 aliphatic carbocycles. The van der Waals surface area contributed by atoms with Crippen LogP contribution < -0.4 is 10.6 Å². The molecule has 0 spiro atoms. The van der Waals surface area contributed by atoms with Crippen LogP contribution in [0, 0.1) is 5.92 Å². The van der Waals surface area contributed by atoms with Crippen molar-refractivity contribution in [1.82, 2.24) is 15.5 Å². The molecule has 2 rings (SSSR count). The molecule has 5 nitrogen and oxygen atoms in total. The highest BCUT2D eigenvalue weighted by Gasteiger charge is 2.06. The van der Waals surface area contributed by atoms with Crippen molar-refractivity contribution in [2.75, 3.05) is 11.9 Å². The van der Waals surface area contributed by atoms with Crippen molar-refractivity contribution < 1.29 is 4.42 Å². The summed E-state index contributed by atoms with van der Waals surface area (Å²) in [7, 11) is 0. The van der Waals surface area contributed by atoms with Crippen LogP contribution in [0.4, 0.5) is 11.7 Å². The molecule has 2 N–H and O–H groups in total. The highest BCUT2D eigenvalue weighted by atomic mass is 16.4. The molecule has 1 aromatic carbocycles. The van der Waals surface area contributed by atoms with Gasteiger partial charge in [0.1, 0.15) is 0 Å². The van der Waals surface area contributed by atoms with Gasteiger partial charge in [-0.15, -0.1) is 5.10 Å². The minimum Gasteiger partial charge on any atom is -0.406 e. The number of aryl methyl sites for hydroxylation is 1. The van der Waals surface area contributed by atoms with E-state index in [0.29, 0.717) is 24.4 Å². The lowest BCUT2D eigenvalue weighted by atomic mass is 10.1. The van der Waals surface area contributed by atoms with E-state index in [1.165, 1.54) is 5.56 Å². The van der Waals surface area contributed by atoms with Crippen molar-refractivity contribution in [2.24, 2.45) is 5.92 Å². The molecule has 1 aromatic heterocycles. The zero-order chi connectivity index (χ0) is 14.4. The molecular formula is C15H22N4O. The first-order chi connectivity index (χ1) is 9.67. The summed E-state index contributed by atoms with van der Waals surface area (Å²) in [5.41, 5.74) is 2.26. The van der Waals surface area contributed by atoms with Gasteiger partial charge in [0.2, 0.25) is 5.89 Å². The van der Waals surface area contributed by atoms with E-state index < -0.39 is 0 Å². The zero-order valence-corrected chi connectivity index (χ0v) is 12.3. The average molecular weight is 274 g/mol. The van der Waals surface area contributed by atoms with Crippen LogP contribution in [0.1, 0.15) is 32.2 Å². The first-order valence-electron chi connectivity index (χ1n) is 7.06. The van der Waals surface area contributed by atoms with Crippen molar-refractivity contribution in [2.45, 2.75) is 33.7 Å². The molecule has 0 aliphatic rings. The predicted octanol–water partition coefficient (Wildman–Crippen LogP) is 3.12. The van der Waals surface area contributed by atoms with E-state index in [1.54, 1.807) is 0 Å². The molecule has 0 unspecified atom stereocenters. The first-order valence-corrected chi connectivity index (χ1v) is 7.06. The smallest absolute Gasteiger partial charge is 0.320 e. The molecular weight excluding hydrogens is 252 g/mol. The molecule has 0 radical (unpaired) electrons. The summed E-state index contributed by atoms with van der Waals surface area (Å²) in [6.45, 7) is 7.99. The van der Waals surface area contributed by atoms with Gasteiger partial charge in [-0.1, -0.05) is 38.0 Å². The highest BCUT2D eigenvalue weighted by molar-refractivity contribution is 5.52. The lowest BCUT2D eigenvalue weighted by molar-refractivity contribution is 0.460. The topological polar surface area (TPSA) is 63.0 Å². The number of hydrogen-bond acceptors (Lipinski definition) is 5. The second kappa shape index (κ2) is 7.05. The van der Waals surface area contributed by atoms with Crippen molar-refractivity contribution >= 4 is 11.7 Å². The molecule has 0 saturated heterocycles. The van der Waals surface area contributed by atoms with E-state index in [4.69, 9.17) is 4.42 Å². The number of benzene rings is 1. The van der Waals surface area contributed by atoms with E-state index in [2.05, 4.69) is 53.7 Å². The van der Waals surface area contributed by atoms with Gasteiger partial charge in [-0.3, -0.25) is 0 Å². The fraction of sp³-hybridized carbons (Fsp3) is 0.467. The maximum absolute atomic E-state index is 5.53. The molecule has 0 bridgehead atoms. The number of anilines is 2. The Hall–Kier alpha value is -1.88. The molecule has 0 aliphatic heterocycles. The third-order valence-corrected chi connectivity index (χ3v) is 2.91. The Morgan fingerprint density at radius 3 is 2.55 bits per heavy atom. The van der Waals surface area contributed by atoms with Gasteiger partial charge >= 0.3 is 6.01 Å². The van der Waals surface area contributed by atoms with Crippen molar-refractivity contribution in [3.63, 3.8) is 0 Å². The summed E-state index contributed by atoms with van der Waals surface area (Å²) in [5.74, 6) is 1.20. The number of aromatic nitrogens is 2. The fourth-order valence-electron chi connectivity index (χ4n) is 1.79. The van der Waals surface area contributed by atoms with Crippen LogP contribution in [0.2, 0.25) is 0 Å². The summed E-state index contributed by atoms with van der Waals surface area (Å²) in [6, 6.07) is 8.63.